The van der Waals surface area contributed by atoms with Crippen molar-refractivity contribution in [3.8, 4) is 0 Å². The molecule has 0 heterocycles. The highest BCUT2D eigenvalue weighted by molar-refractivity contribution is 6.06. The van der Waals surface area contributed by atoms with Crippen LogP contribution in [0.25, 0.3) is 0 Å². The minimum Gasteiger partial charge on any atom is -0.398 e. The van der Waals surface area contributed by atoms with Crippen LogP contribution in [0.5, 0.6) is 0 Å². The number of carbonyl (C=O) groups excluding carboxylic acids is 2. The zero-order valence-electron chi connectivity index (χ0n) is 13.6. The van der Waals surface area contributed by atoms with Crippen molar-refractivity contribution in [1.82, 2.24) is 10.2 Å². The molecule has 0 aliphatic rings. The number of rotatable bonds is 3. The fourth-order valence-corrected chi connectivity index (χ4v) is 2.25. The Kier molecular flexibility index (Phi) is 5.01. The number of carbonyl (C=O) groups is 2. The molecule has 0 aromatic heterocycles. The SMILES string of the molecule is Cc1ccc(C(=O)N(C)C(=O)NCc2ccccc2C)c(N)c1. The average molecular weight is 311 g/mol. The first kappa shape index (κ1) is 16.5. The van der Waals surface area contributed by atoms with E-state index in [0.717, 1.165) is 21.6 Å². The summed E-state index contributed by atoms with van der Waals surface area (Å²) in [5.74, 6) is -0.426. The van der Waals surface area contributed by atoms with Crippen LogP contribution in [0.2, 0.25) is 0 Å². The number of anilines is 1. The maximum absolute atomic E-state index is 12.4. The summed E-state index contributed by atoms with van der Waals surface area (Å²) in [6, 6.07) is 12.5. The summed E-state index contributed by atoms with van der Waals surface area (Å²) in [6.45, 7) is 4.24. The van der Waals surface area contributed by atoms with Crippen LogP contribution in [0.1, 0.15) is 27.0 Å². The number of amides is 3. The second kappa shape index (κ2) is 6.96. The van der Waals surface area contributed by atoms with Crippen molar-refractivity contribution in [2.45, 2.75) is 20.4 Å². The van der Waals surface area contributed by atoms with Crippen LogP contribution in [0.3, 0.4) is 0 Å². The second-order valence-electron chi connectivity index (χ2n) is 5.54. The minimum atomic E-state index is -0.460. The number of hydrogen-bond donors (Lipinski definition) is 2. The highest BCUT2D eigenvalue weighted by Crippen LogP contribution is 2.16. The normalized spacial score (nSPS) is 10.2. The zero-order valence-corrected chi connectivity index (χ0v) is 13.6. The highest BCUT2D eigenvalue weighted by atomic mass is 16.2. The third kappa shape index (κ3) is 3.88. The Hall–Kier alpha value is -2.82. The number of nitrogens with zero attached hydrogens (tertiary/aromatic N) is 1. The van der Waals surface area contributed by atoms with Crippen molar-refractivity contribution in [3.05, 3.63) is 64.7 Å². The molecule has 120 valence electrons. The summed E-state index contributed by atoms with van der Waals surface area (Å²) in [5.41, 5.74) is 9.62. The van der Waals surface area contributed by atoms with E-state index in [-0.39, 0.29) is 0 Å². The van der Waals surface area contributed by atoms with Crippen LogP contribution in [0, 0.1) is 13.8 Å². The lowest BCUT2D eigenvalue weighted by Gasteiger charge is -2.18. The summed E-state index contributed by atoms with van der Waals surface area (Å²) in [5, 5.41) is 2.75. The number of benzene rings is 2. The van der Waals surface area contributed by atoms with Crippen molar-refractivity contribution in [1.29, 1.82) is 0 Å². The van der Waals surface area contributed by atoms with Gasteiger partial charge >= 0.3 is 6.03 Å². The van der Waals surface area contributed by atoms with Crippen molar-refractivity contribution in [3.63, 3.8) is 0 Å². The van der Waals surface area contributed by atoms with Gasteiger partial charge in [-0.2, -0.15) is 0 Å². The second-order valence-corrected chi connectivity index (χ2v) is 5.54. The summed E-state index contributed by atoms with van der Waals surface area (Å²) >= 11 is 0. The predicted molar refractivity (Wildman–Crippen MR) is 91.1 cm³/mol. The van der Waals surface area contributed by atoms with Gasteiger partial charge in [0.05, 0.1) is 5.56 Å². The minimum absolute atomic E-state index is 0.323. The number of aryl methyl sites for hydroxylation is 2. The Labute approximate surface area is 136 Å². The van der Waals surface area contributed by atoms with Gasteiger partial charge < -0.3 is 11.1 Å². The number of imide groups is 1. The number of nitrogens with one attached hydrogen (secondary N) is 1. The Balaban J connectivity index is 2.04. The fraction of sp³-hybridized carbons (Fsp3) is 0.222. The molecular formula is C18H21N3O2. The standard InChI is InChI=1S/C18H21N3O2/c1-12-8-9-15(16(19)10-12)17(22)21(3)18(23)20-11-14-7-5-4-6-13(14)2/h4-10H,11,19H2,1-3H3,(H,20,23). The lowest BCUT2D eigenvalue weighted by atomic mass is 10.1. The average Bonchev–Trinajstić information content (AvgIpc) is 2.52. The van der Waals surface area contributed by atoms with Crippen molar-refractivity contribution in [2.24, 2.45) is 0 Å². The maximum atomic E-state index is 12.4. The molecule has 2 rings (SSSR count). The lowest BCUT2D eigenvalue weighted by Crippen LogP contribution is -2.41. The summed E-state index contributed by atoms with van der Waals surface area (Å²) in [4.78, 5) is 25.6. The molecule has 0 saturated carbocycles. The summed E-state index contributed by atoms with van der Waals surface area (Å²) < 4.78 is 0. The van der Waals surface area contributed by atoms with Gasteiger partial charge in [0, 0.05) is 19.3 Å². The van der Waals surface area contributed by atoms with E-state index in [9.17, 15) is 9.59 Å². The number of nitrogen functional groups attached to an aromatic ring is 1. The van der Waals surface area contributed by atoms with Gasteiger partial charge in [-0.05, 0) is 42.7 Å². The van der Waals surface area contributed by atoms with Crippen molar-refractivity contribution >= 4 is 17.6 Å². The van der Waals surface area contributed by atoms with Gasteiger partial charge in [-0.15, -0.1) is 0 Å². The summed E-state index contributed by atoms with van der Waals surface area (Å²) in [7, 11) is 1.44. The van der Waals surface area contributed by atoms with Crippen LogP contribution in [-0.4, -0.2) is 23.9 Å². The first-order chi connectivity index (χ1) is 10.9. The van der Waals surface area contributed by atoms with Gasteiger partial charge in [-0.25, -0.2) is 4.79 Å². The molecule has 2 aromatic rings. The van der Waals surface area contributed by atoms with E-state index >= 15 is 0 Å². The molecule has 0 atom stereocenters. The number of nitrogens with two attached hydrogens (primary N) is 1. The molecule has 5 heteroatoms. The Morgan fingerprint density at radius 1 is 1.13 bits per heavy atom. The lowest BCUT2D eigenvalue weighted by molar-refractivity contribution is 0.0832. The Morgan fingerprint density at radius 3 is 2.48 bits per heavy atom. The van der Waals surface area contributed by atoms with E-state index in [1.54, 1.807) is 18.2 Å². The molecule has 2 aromatic carbocycles. The van der Waals surface area contributed by atoms with E-state index < -0.39 is 11.9 Å². The highest BCUT2D eigenvalue weighted by Gasteiger charge is 2.20. The number of urea groups is 1. The molecule has 0 aliphatic carbocycles. The number of hydrogen-bond acceptors (Lipinski definition) is 3. The molecule has 0 unspecified atom stereocenters. The van der Waals surface area contributed by atoms with Crippen LogP contribution in [-0.2, 0) is 6.54 Å². The van der Waals surface area contributed by atoms with Crippen LogP contribution in [0.4, 0.5) is 10.5 Å². The van der Waals surface area contributed by atoms with Crippen molar-refractivity contribution in [2.75, 3.05) is 12.8 Å². The van der Waals surface area contributed by atoms with Crippen LogP contribution < -0.4 is 11.1 Å². The fourth-order valence-electron chi connectivity index (χ4n) is 2.25. The molecule has 0 aliphatic heterocycles. The van der Waals surface area contributed by atoms with Gasteiger partial charge in [0.2, 0.25) is 0 Å². The van der Waals surface area contributed by atoms with Crippen molar-refractivity contribution < 1.29 is 9.59 Å². The molecule has 0 saturated heterocycles. The molecule has 0 fully saturated rings. The van der Waals surface area contributed by atoms with E-state index in [4.69, 9.17) is 5.73 Å². The van der Waals surface area contributed by atoms with Gasteiger partial charge in [-0.1, -0.05) is 30.3 Å². The topological polar surface area (TPSA) is 75.4 Å². The molecule has 3 N–H and O–H groups in total. The largest absolute Gasteiger partial charge is 0.398 e. The molecule has 3 amide bonds. The van der Waals surface area contributed by atoms with E-state index in [1.165, 1.54) is 7.05 Å². The van der Waals surface area contributed by atoms with Crippen LogP contribution >= 0.6 is 0 Å². The van der Waals surface area contributed by atoms with Gasteiger partial charge in [0.15, 0.2) is 0 Å². The Morgan fingerprint density at radius 2 is 1.83 bits per heavy atom. The van der Waals surface area contributed by atoms with E-state index in [0.29, 0.717) is 17.8 Å². The third-order valence-corrected chi connectivity index (χ3v) is 3.74. The first-order valence-corrected chi connectivity index (χ1v) is 7.36. The zero-order chi connectivity index (χ0) is 17.0. The molecule has 5 nitrogen and oxygen atoms in total. The molecule has 0 radical (unpaired) electrons. The molecular weight excluding hydrogens is 290 g/mol. The Bertz CT molecular complexity index is 741. The van der Waals surface area contributed by atoms with Gasteiger partial charge in [0.1, 0.15) is 0 Å². The van der Waals surface area contributed by atoms with Gasteiger partial charge in [0.25, 0.3) is 5.91 Å². The van der Waals surface area contributed by atoms with E-state index in [1.807, 2.05) is 38.1 Å². The third-order valence-electron chi connectivity index (χ3n) is 3.74. The molecule has 0 bridgehead atoms. The molecule has 0 spiro atoms. The quantitative estimate of drug-likeness (QED) is 0.856. The maximum Gasteiger partial charge on any atom is 0.324 e. The monoisotopic (exact) mass is 311 g/mol. The smallest absolute Gasteiger partial charge is 0.324 e. The predicted octanol–water partition coefficient (Wildman–Crippen LogP) is 2.87. The van der Waals surface area contributed by atoms with Gasteiger partial charge in [-0.3, -0.25) is 9.69 Å². The van der Waals surface area contributed by atoms with E-state index in [2.05, 4.69) is 5.32 Å². The van der Waals surface area contributed by atoms with Crippen LogP contribution in [0.15, 0.2) is 42.5 Å². The first-order valence-electron chi connectivity index (χ1n) is 7.36. The molecule has 23 heavy (non-hydrogen) atoms. The summed E-state index contributed by atoms with van der Waals surface area (Å²) in [6.07, 6.45) is 0.